The standard InChI is InChI=1S/C14H13BrN2O3/c1-2-20-13-6-4-3-5-10(13)12(18)8-17-9-16-7-11(15)14(17)19/h3-7,9H,2,8H2,1H3. The zero-order valence-electron chi connectivity index (χ0n) is 10.9. The topological polar surface area (TPSA) is 61.2 Å². The Bertz CT molecular complexity index is 682. The predicted molar refractivity (Wildman–Crippen MR) is 78.1 cm³/mol. The third-order valence-corrected chi connectivity index (χ3v) is 3.20. The van der Waals surface area contributed by atoms with Crippen LogP contribution in [0.1, 0.15) is 17.3 Å². The van der Waals surface area contributed by atoms with Crippen molar-refractivity contribution in [2.45, 2.75) is 13.5 Å². The van der Waals surface area contributed by atoms with Gasteiger partial charge in [-0.2, -0.15) is 0 Å². The zero-order valence-corrected chi connectivity index (χ0v) is 12.5. The average molecular weight is 337 g/mol. The first-order valence-corrected chi connectivity index (χ1v) is 6.87. The number of ketones is 1. The molecule has 104 valence electrons. The summed E-state index contributed by atoms with van der Waals surface area (Å²) >= 11 is 3.10. The van der Waals surface area contributed by atoms with Crippen molar-refractivity contribution in [1.82, 2.24) is 9.55 Å². The Morgan fingerprint density at radius 3 is 2.90 bits per heavy atom. The normalized spacial score (nSPS) is 10.3. The van der Waals surface area contributed by atoms with Gasteiger partial charge in [-0.05, 0) is 35.0 Å². The highest BCUT2D eigenvalue weighted by atomic mass is 79.9. The van der Waals surface area contributed by atoms with Crippen LogP contribution in [0.3, 0.4) is 0 Å². The molecule has 0 aliphatic heterocycles. The summed E-state index contributed by atoms with van der Waals surface area (Å²) in [4.78, 5) is 28.0. The van der Waals surface area contributed by atoms with E-state index in [0.717, 1.165) is 0 Å². The van der Waals surface area contributed by atoms with Crippen LogP contribution in [-0.2, 0) is 6.54 Å². The van der Waals surface area contributed by atoms with Crippen molar-refractivity contribution in [2.24, 2.45) is 0 Å². The highest BCUT2D eigenvalue weighted by Gasteiger charge is 2.13. The number of carbonyl (C=O) groups excluding carboxylic acids is 1. The highest BCUT2D eigenvalue weighted by molar-refractivity contribution is 9.10. The number of Topliss-reactive ketones (excluding diaryl/α,β-unsaturated/α-hetero) is 1. The summed E-state index contributed by atoms with van der Waals surface area (Å²) in [7, 11) is 0. The minimum Gasteiger partial charge on any atom is -0.493 e. The smallest absolute Gasteiger partial charge is 0.268 e. The number of rotatable bonds is 5. The van der Waals surface area contributed by atoms with Crippen LogP contribution in [0, 0.1) is 0 Å². The number of aromatic nitrogens is 2. The van der Waals surface area contributed by atoms with Gasteiger partial charge in [-0.15, -0.1) is 0 Å². The molecule has 1 aromatic carbocycles. The van der Waals surface area contributed by atoms with Gasteiger partial charge in [0.15, 0.2) is 5.78 Å². The van der Waals surface area contributed by atoms with E-state index < -0.39 is 0 Å². The summed E-state index contributed by atoms with van der Waals surface area (Å²) in [6.07, 6.45) is 2.74. The molecular formula is C14H13BrN2O3. The van der Waals surface area contributed by atoms with Gasteiger partial charge in [0, 0.05) is 6.20 Å². The van der Waals surface area contributed by atoms with E-state index in [4.69, 9.17) is 4.74 Å². The van der Waals surface area contributed by atoms with Crippen molar-refractivity contribution in [2.75, 3.05) is 6.61 Å². The van der Waals surface area contributed by atoms with Crippen molar-refractivity contribution in [1.29, 1.82) is 0 Å². The maximum atomic E-state index is 12.3. The van der Waals surface area contributed by atoms with E-state index in [-0.39, 0.29) is 17.9 Å². The maximum Gasteiger partial charge on any atom is 0.268 e. The number of hydrogen-bond donors (Lipinski definition) is 0. The van der Waals surface area contributed by atoms with Gasteiger partial charge >= 0.3 is 0 Å². The number of benzene rings is 1. The van der Waals surface area contributed by atoms with Gasteiger partial charge in [-0.25, -0.2) is 4.98 Å². The molecule has 0 aliphatic rings. The second kappa shape index (κ2) is 6.47. The number of para-hydroxylation sites is 1. The molecule has 0 amide bonds. The molecule has 2 aromatic rings. The maximum absolute atomic E-state index is 12.3. The molecule has 20 heavy (non-hydrogen) atoms. The molecule has 0 atom stereocenters. The van der Waals surface area contributed by atoms with Crippen molar-refractivity contribution >= 4 is 21.7 Å². The van der Waals surface area contributed by atoms with E-state index in [2.05, 4.69) is 20.9 Å². The van der Waals surface area contributed by atoms with Gasteiger partial charge < -0.3 is 4.74 Å². The van der Waals surface area contributed by atoms with Crippen LogP contribution in [-0.4, -0.2) is 21.9 Å². The molecule has 0 bridgehead atoms. The average Bonchev–Trinajstić information content (AvgIpc) is 2.45. The van der Waals surface area contributed by atoms with Crippen molar-refractivity contribution in [3.8, 4) is 5.75 Å². The SMILES string of the molecule is CCOc1ccccc1C(=O)Cn1cncc(Br)c1=O. The molecule has 0 spiro atoms. The molecule has 1 heterocycles. The van der Waals surface area contributed by atoms with Crippen LogP contribution < -0.4 is 10.3 Å². The third-order valence-electron chi connectivity index (χ3n) is 2.66. The Balaban J connectivity index is 2.29. The van der Waals surface area contributed by atoms with Crippen molar-refractivity contribution in [3.05, 3.63) is 57.2 Å². The van der Waals surface area contributed by atoms with Crippen molar-refractivity contribution < 1.29 is 9.53 Å². The molecule has 6 heteroatoms. The minimum absolute atomic E-state index is 0.0740. The fraction of sp³-hybridized carbons (Fsp3) is 0.214. The first-order chi connectivity index (χ1) is 9.63. The molecule has 0 radical (unpaired) electrons. The molecule has 5 nitrogen and oxygen atoms in total. The second-order valence-corrected chi connectivity index (χ2v) is 4.88. The Labute approximate surface area is 124 Å². The molecule has 0 saturated carbocycles. The molecule has 0 saturated heterocycles. The fourth-order valence-corrected chi connectivity index (χ4v) is 2.10. The lowest BCUT2D eigenvalue weighted by Gasteiger charge is -2.10. The van der Waals surface area contributed by atoms with Crippen LogP contribution in [0.15, 0.2) is 46.1 Å². The molecule has 0 unspecified atom stereocenters. The number of carbonyl (C=O) groups is 1. The molecule has 0 aliphatic carbocycles. The Kier molecular flexibility index (Phi) is 4.68. The Hall–Kier alpha value is -1.95. The van der Waals surface area contributed by atoms with Gasteiger partial charge in [-0.1, -0.05) is 12.1 Å². The lowest BCUT2D eigenvalue weighted by atomic mass is 10.1. The van der Waals surface area contributed by atoms with Crippen LogP contribution in [0.2, 0.25) is 0 Å². The van der Waals surface area contributed by atoms with E-state index in [1.54, 1.807) is 24.3 Å². The minimum atomic E-state index is -0.290. The van der Waals surface area contributed by atoms with Gasteiger partial charge in [0.2, 0.25) is 0 Å². The third kappa shape index (κ3) is 3.14. The number of hydrogen-bond acceptors (Lipinski definition) is 4. The molecule has 0 N–H and O–H groups in total. The molecule has 1 aromatic heterocycles. The van der Waals surface area contributed by atoms with E-state index >= 15 is 0 Å². The van der Waals surface area contributed by atoms with E-state index in [0.29, 0.717) is 22.4 Å². The molecule has 0 fully saturated rings. The van der Waals surface area contributed by atoms with Crippen LogP contribution in [0.25, 0.3) is 0 Å². The Morgan fingerprint density at radius 2 is 2.15 bits per heavy atom. The van der Waals surface area contributed by atoms with Gasteiger partial charge in [0.05, 0.1) is 25.0 Å². The fourth-order valence-electron chi connectivity index (χ4n) is 1.75. The van der Waals surface area contributed by atoms with Crippen LogP contribution in [0.5, 0.6) is 5.75 Å². The first-order valence-electron chi connectivity index (χ1n) is 6.08. The second-order valence-electron chi connectivity index (χ2n) is 4.03. The number of nitrogens with zero attached hydrogens (tertiary/aromatic N) is 2. The zero-order chi connectivity index (χ0) is 14.5. The Morgan fingerprint density at radius 1 is 1.40 bits per heavy atom. The quantitative estimate of drug-likeness (QED) is 0.786. The molecular weight excluding hydrogens is 324 g/mol. The van der Waals surface area contributed by atoms with Gasteiger partial charge in [0.25, 0.3) is 5.56 Å². The lowest BCUT2D eigenvalue weighted by molar-refractivity contribution is 0.0966. The molecule has 2 rings (SSSR count). The van der Waals surface area contributed by atoms with Gasteiger partial charge in [0.1, 0.15) is 10.2 Å². The van der Waals surface area contributed by atoms with E-state index in [1.807, 2.05) is 6.92 Å². The first kappa shape index (κ1) is 14.5. The monoisotopic (exact) mass is 336 g/mol. The van der Waals surface area contributed by atoms with E-state index in [1.165, 1.54) is 17.1 Å². The summed E-state index contributed by atoms with van der Waals surface area (Å²) in [5.41, 5.74) is 0.170. The number of ether oxygens (including phenoxy) is 1. The predicted octanol–water partition coefficient (Wildman–Crippen LogP) is 2.29. The van der Waals surface area contributed by atoms with Crippen molar-refractivity contribution in [3.63, 3.8) is 0 Å². The summed E-state index contributed by atoms with van der Waals surface area (Å²) in [5, 5.41) is 0. The summed E-state index contributed by atoms with van der Waals surface area (Å²) in [5.74, 6) is 0.326. The van der Waals surface area contributed by atoms with Crippen LogP contribution in [0.4, 0.5) is 0 Å². The lowest BCUT2D eigenvalue weighted by Crippen LogP contribution is -2.25. The number of halogens is 1. The largest absolute Gasteiger partial charge is 0.493 e. The summed E-state index contributed by atoms with van der Waals surface area (Å²) < 4.78 is 7.00. The summed E-state index contributed by atoms with van der Waals surface area (Å²) in [6, 6.07) is 6.98. The van der Waals surface area contributed by atoms with Crippen LogP contribution >= 0.6 is 15.9 Å². The highest BCUT2D eigenvalue weighted by Crippen LogP contribution is 2.18. The van der Waals surface area contributed by atoms with E-state index in [9.17, 15) is 9.59 Å². The summed E-state index contributed by atoms with van der Waals surface area (Å²) in [6.45, 7) is 2.25. The van der Waals surface area contributed by atoms with Gasteiger partial charge in [-0.3, -0.25) is 14.2 Å².